The summed E-state index contributed by atoms with van der Waals surface area (Å²) in [5, 5.41) is 8.86. The van der Waals surface area contributed by atoms with Gasteiger partial charge in [0.05, 0.1) is 19.3 Å². The lowest BCUT2D eigenvalue weighted by Gasteiger charge is -2.28. The van der Waals surface area contributed by atoms with Crippen LogP contribution in [0.25, 0.3) is 0 Å². The van der Waals surface area contributed by atoms with E-state index in [1.807, 2.05) is 42.3 Å². The zero-order valence-corrected chi connectivity index (χ0v) is 11.3. The van der Waals surface area contributed by atoms with Gasteiger partial charge in [0.25, 0.3) is 0 Å². The third-order valence-corrected chi connectivity index (χ3v) is 3.68. The Bertz CT molecular complexity index is 407. The van der Waals surface area contributed by atoms with E-state index in [2.05, 4.69) is 0 Å². The van der Waals surface area contributed by atoms with Crippen LogP contribution >= 0.6 is 0 Å². The Morgan fingerprint density at radius 2 is 2.11 bits per heavy atom. The third kappa shape index (κ3) is 4.04. The minimum Gasteiger partial charge on any atom is -0.480 e. The zero-order chi connectivity index (χ0) is 13.7. The van der Waals surface area contributed by atoms with E-state index in [-0.39, 0.29) is 18.7 Å². The molecule has 0 radical (unpaired) electrons. The normalized spacial score (nSPS) is 22.8. The van der Waals surface area contributed by atoms with Crippen LogP contribution in [0.4, 0.5) is 0 Å². The van der Waals surface area contributed by atoms with Crippen LogP contribution in [-0.4, -0.2) is 41.7 Å². The van der Waals surface area contributed by atoms with Gasteiger partial charge in [0.2, 0.25) is 0 Å². The molecule has 19 heavy (non-hydrogen) atoms. The predicted octanol–water partition coefficient (Wildman–Crippen LogP) is 2.14. The van der Waals surface area contributed by atoms with Crippen LogP contribution in [-0.2, 0) is 16.1 Å². The lowest BCUT2D eigenvalue weighted by molar-refractivity contribution is -0.139. The minimum atomic E-state index is -0.781. The van der Waals surface area contributed by atoms with Crippen molar-refractivity contribution in [1.29, 1.82) is 0 Å². The smallest absolute Gasteiger partial charge is 0.317 e. The summed E-state index contributed by atoms with van der Waals surface area (Å²) in [6.07, 6.45) is 3.28. The van der Waals surface area contributed by atoms with Crippen molar-refractivity contribution in [2.75, 3.05) is 13.6 Å². The van der Waals surface area contributed by atoms with Crippen molar-refractivity contribution in [3.63, 3.8) is 0 Å². The highest BCUT2D eigenvalue weighted by Crippen LogP contribution is 2.26. The van der Waals surface area contributed by atoms with E-state index < -0.39 is 5.97 Å². The average Bonchev–Trinajstić information content (AvgIpc) is 2.85. The van der Waals surface area contributed by atoms with Crippen molar-refractivity contribution in [1.82, 2.24) is 4.90 Å². The predicted molar refractivity (Wildman–Crippen MR) is 72.9 cm³/mol. The fourth-order valence-corrected chi connectivity index (χ4v) is 2.71. The molecule has 2 atom stereocenters. The van der Waals surface area contributed by atoms with Gasteiger partial charge in [-0.15, -0.1) is 0 Å². The van der Waals surface area contributed by atoms with E-state index in [0.717, 1.165) is 24.8 Å². The largest absolute Gasteiger partial charge is 0.480 e. The molecule has 1 N–H and O–H groups in total. The maximum absolute atomic E-state index is 10.8. The molecule has 1 saturated carbocycles. The highest BCUT2D eigenvalue weighted by molar-refractivity contribution is 5.69. The van der Waals surface area contributed by atoms with E-state index in [1.165, 1.54) is 0 Å². The average molecular weight is 263 g/mol. The Morgan fingerprint density at radius 1 is 1.37 bits per heavy atom. The number of nitrogens with zero attached hydrogens (tertiary/aromatic N) is 1. The SMILES string of the molecule is CN(CC(=O)O)C1CCC[C@H]1OCc1ccccc1. The summed E-state index contributed by atoms with van der Waals surface area (Å²) in [6, 6.07) is 10.3. The molecule has 0 heterocycles. The maximum atomic E-state index is 10.8. The summed E-state index contributed by atoms with van der Waals surface area (Å²) in [5.74, 6) is -0.781. The molecule has 4 heteroatoms. The first-order valence-corrected chi connectivity index (χ1v) is 6.74. The summed E-state index contributed by atoms with van der Waals surface area (Å²) < 4.78 is 5.97. The highest BCUT2D eigenvalue weighted by Gasteiger charge is 2.31. The number of carboxylic acid groups (broad SMARTS) is 1. The van der Waals surface area contributed by atoms with Crippen molar-refractivity contribution in [3.8, 4) is 0 Å². The Labute approximate surface area is 114 Å². The van der Waals surface area contributed by atoms with Crippen LogP contribution in [0.2, 0.25) is 0 Å². The molecular weight excluding hydrogens is 242 g/mol. The highest BCUT2D eigenvalue weighted by atomic mass is 16.5. The van der Waals surface area contributed by atoms with Crippen molar-refractivity contribution in [3.05, 3.63) is 35.9 Å². The number of likely N-dealkylation sites (N-methyl/N-ethyl adjacent to an activating group) is 1. The molecule has 104 valence electrons. The van der Waals surface area contributed by atoms with Gasteiger partial charge in [-0.3, -0.25) is 9.69 Å². The van der Waals surface area contributed by atoms with Gasteiger partial charge in [-0.1, -0.05) is 30.3 Å². The molecule has 0 aliphatic heterocycles. The number of ether oxygens (including phenoxy) is 1. The Kier molecular flexibility index (Phi) is 4.93. The molecule has 0 saturated heterocycles. The van der Waals surface area contributed by atoms with Crippen LogP contribution in [0.3, 0.4) is 0 Å². The minimum absolute atomic E-state index is 0.0792. The zero-order valence-electron chi connectivity index (χ0n) is 11.3. The molecule has 0 amide bonds. The van der Waals surface area contributed by atoms with Crippen molar-refractivity contribution < 1.29 is 14.6 Å². The second kappa shape index (κ2) is 6.68. The summed E-state index contributed by atoms with van der Waals surface area (Å²) in [6.45, 7) is 0.679. The van der Waals surface area contributed by atoms with Crippen molar-refractivity contribution >= 4 is 5.97 Å². The summed E-state index contributed by atoms with van der Waals surface area (Å²) in [4.78, 5) is 12.7. The lowest BCUT2D eigenvalue weighted by atomic mass is 10.2. The second-order valence-corrected chi connectivity index (χ2v) is 5.14. The van der Waals surface area contributed by atoms with Gasteiger partial charge in [0, 0.05) is 6.04 Å². The topological polar surface area (TPSA) is 49.8 Å². The molecule has 0 bridgehead atoms. The molecule has 1 aromatic rings. The fourth-order valence-electron chi connectivity index (χ4n) is 2.71. The van der Waals surface area contributed by atoms with Gasteiger partial charge >= 0.3 is 5.97 Å². The molecule has 1 aromatic carbocycles. The van der Waals surface area contributed by atoms with E-state index in [0.29, 0.717) is 6.61 Å². The van der Waals surface area contributed by atoms with Crippen molar-refractivity contribution in [2.24, 2.45) is 0 Å². The summed E-state index contributed by atoms with van der Waals surface area (Å²) in [7, 11) is 1.86. The molecule has 4 nitrogen and oxygen atoms in total. The molecule has 0 aromatic heterocycles. The van der Waals surface area contributed by atoms with E-state index in [9.17, 15) is 4.79 Å². The van der Waals surface area contributed by atoms with E-state index >= 15 is 0 Å². The first kappa shape index (κ1) is 14.0. The van der Waals surface area contributed by atoms with E-state index in [1.54, 1.807) is 0 Å². The van der Waals surface area contributed by atoms with Crippen molar-refractivity contribution in [2.45, 2.75) is 38.0 Å². The van der Waals surface area contributed by atoms with Crippen LogP contribution in [0.1, 0.15) is 24.8 Å². The second-order valence-electron chi connectivity index (χ2n) is 5.14. The number of aliphatic carboxylic acids is 1. The molecule has 1 aliphatic rings. The number of hydrogen-bond acceptors (Lipinski definition) is 3. The summed E-state index contributed by atoms with van der Waals surface area (Å²) >= 11 is 0. The Hall–Kier alpha value is -1.39. The van der Waals surface area contributed by atoms with Gasteiger partial charge in [0.1, 0.15) is 0 Å². The van der Waals surface area contributed by atoms with Crippen LogP contribution in [0, 0.1) is 0 Å². The Morgan fingerprint density at radius 3 is 2.79 bits per heavy atom. The molecule has 2 rings (SSSR count). The van der Waals surface area contributed by atoms with Gasteiger partial charge in [-0.25, -0.2) is 0 Å². The van der Waals surface area contributed by atoms with Gasteiger partial charge in [0.15, 0.2) is 0 Å². The molecule has 1 aliphatic carbocycles. The quantitative estimate of drug-likeness (QED) is 0.854. The van der Waals surface area contributed by atoms with Crippen LogP contribution in [0.5, 0.6) is 0 Å². The molecular formula is C15H21NO3. The number of carboxylic acids is 1. The van der Waals surface area contributed by atoms with Crippen LogP contribution < -0.4 is 0 Å². The fraction of sp³-hybridized carbons (Fsp3) is 0.533. The Balaban J connectivity index is 1.86. The number of carbonyl (C=O) groups is 1. The third-order valence-electron chi connectivity index (χ3n) is 3.68. The number of rotatable bonds is 6. The number of benzene rings is 1. The lowest BCUT2D eigenvalue weighted by Crippen LogP contribution is -2.41. The summed E-state index contributed by atoms with van der Waals surface area (Å²) in [5.41, 5.74) is 1.16. The number of hydrogen-bond donors (Lipinski definition) is 1. The first-order valence-electron chi connectivity index (χ1n) is 6.74. The van der Waals surface area contributed by atoms with Crippen LogP contribution in [0.15, 0.2) is 30.3 Å². The molecule has 1 fully saturated rings. The first-order chi connectivity index (χ1) is 9.16. The van der Waals surface area contributed by atoms with Gasteiger partial charge in [-0.05, 0) is 31.9 Å². The maximum Gasteiger partial charge on any atom is 0.317 e. The molecule has 1 unspecified atom stereocenters. The van der Waals surface area contributed by atoms with E-state index in [4.69, 9.17) is 9.84 Å². The van der Waals surface area contributed by atoms with Gasteiger partial charge < -0.3 is 9.84 Å². The monoisotopic (exact) mass is 263 g/mol. The molecule has 0 spiro atoms. The standard InChI is InChI=1S/C15H21NO3/c1-16(10-15(17)18)13-8-5-9-14(13)19-11-12-6-3-2-4-7-12/h2-4,6-7,13-14H,5,8-11H2,1H3,(H,17,18)/t13?,14-/m1/s1. The van der Waals surface area contributed by atoms with Gasteiger partial charge in [-0.2, -0.15) is 0 Å².